The molecule has 74 heavy (non-hydrogen) atoms. The molecule has 0 spiro atoms. The van der Waals surface area contributed by atoms with Gasteiger partial charge >= 0.3 is 13.8 Å². The number of hydrogen-bond donors (Lipinski definition) is 6. The van der Waals surface area contributed by atoms with Gasteiger partial charge in [-0.1, -0.05) is 214 Å². The van der Waals surface area contributed by atoms with Crippen LogP contribution in [0.2, 0.25) is 0 Å². The average molecular weight is 1060 g/mol. The minimum absolute atomic E-state index is 0.0908. The zero-order valence-corrected chi connectivity index (χ0v) is 47.0. The first-order valence-corrected chi connectivity index (χ1v) is 30.6. The van der Waals surface area contributed by atoms with E-state index in [4.69, 9.17) is 18.5 Å². The van der Waals surface area contributed by atoms with Crippen LogP contribution in [0.1, 0.15) is 219 Å². The third kappa shape index (κ3) is 40.5. The Kier molecular flexibility index (Phi) is 46.6. The number of allylic oxidation sites excluding steroid dienone is 16. The molecule has 0 amide bonds. The Morgan fingerprint density at radius 2 is 0.797 bits per heavy atom. The second-order valence-corrected chi connectivity index (χ2v) is 21.2. The summed E-state index contributed by atoms with van der Waals surface area (Å²) in [5.74, 6) is -0.493. The Labute approximate surface area is 449 Å². The van der Waals surface area contributed by atoms with Crippen LogP contribution >= 0.6 is 7.82 Å². The Hall–Kier alpha value is -2.74. The molecule has 6 atom stereocenters. The van der Waals surface area contributed by atoms with Gasteiger partial charge in [0.05, 0.1) is 13.2 Å². The van der Waals surface area contributed by atoms with E-state index in [1.54, 1.807) is 0 Å². The van der Waals surface area contributed by atoms with Gasteiger partial charge in [0.25, 0.3) is 0 Å². The Morgan fingerprint density at radius 1 is 0.446 bits per heavy atom. The fourth-order valence-corrected chi connectivity index (χ4v) is 9.36. The highest BCUT2D eigenvalue weighted by atomic mass is 31.2. The summed E-state index contributed by atoms with van der Waals surface area (Å²) in [4.78, 5) is 23.3. The lowest BCUT2D eigenvalue weighted by molar-refractivity contribution is -0.220. The minimum atomic E-state index is -5.04. The van der Waals surface area contributed by atoms with Crippen LogP contribution in [0, 0.1) is 0 Å². The summed E-state index contributed by atoms with van der Waals surface area (Å²) >= 11 is 0. The molecule has 1 aliphatic rings. The van der Waals surface area contributed by atoms with Crippen LogP contribution in [0.25, 0.3) is 0 Å². The summed E-state index contributed by atoms with van der Waals surface area (Å²) in [5, 5.41) is 50.5. The number of rotatable bonds is 49. The number of carbonyl (C=O) groups is 1. The topological polar surface area (TPSA) is 192 Å². The zero-order valence-electron chi connectivity index (χ0n) is 46.1. The van der Waals surface area contributed by atoms with Gasteiger partial charge in [-0.15, -0.1) is 0 Å². The van der Waals surface area contributed by atoms with Crippen molar-refractivity contribution in [3.05, 3.63) is 97.2 Å². The van der Waals surface area contributed by atoms with E-state index < -0.39 is 63.1 Å². The Bertz CT molecular complexity index is 1590. The third-order valence-corrected chi connectivity index (χ3v) is 13.9. The highest BCUT2D eigenvalue weighted by molar-refractivity contribution is 7.47. The zero-order chi connectivity index (χ0) is 54.0. The molecule has 1 fully saturated rings. The van der Waals surface area contributed by atoms with Gasteiger partial charge in [0, 0.05) is 13.0 Å². The van der Waals surface area contributed by atoms with Gasteiger partial charge in [0.1, 0.15) is 42.7 Å². The maximum absolute atomic E-state index is 12.9. The number of phosphoric acid groups is 1. The Balaban J connectivity index is 2.31. The first kappa shape index (κ1) is 69.3. The predicted octanol–water partition coefficient (Wildman–Crippen LogP) is 14.2. The molecule has 0 heterocycles. The molecule has 0 aromatic carbocycles. The van der Waals surface area contributed by atoms with E-state index in [2.05, 4.69) is 111 Å². The lowest BCUT2D eigenvalue weighted by Gasteiger charge is -2.41. The van der Waals surface area contributed by atoms with Crippen molar-refractivity contribution in [3.8, 4) is 0 Å². The van der Waals surface area contributed by atoms with Crippen molar-refractivity contribution in [3.63, 3.8) is 0 Å². The summed E-state index contributed by atoms with van der Waals surface area (Å²) in [6.45, 7) is 4.13. The van der Waals surface area contributed by atoms with Crippen LogP contribution in [-0.4, -0.2) is 98.9 Å². The van der Waals surface area contributed by atoms with Gasteiger partial charge in [-0.3, -0.25) is 13.8 Å². The SMILES string of the molecule is CC/C=C\C/C=C\C/C=C\C/C=C\C/C=C\CCCCCCCCCC(=O)OC(COCCCCCCCCCCC/C=C\C/C=C\C/C=C\CCCCCCC)COP(=O)(O)OC1C(O)C(O)C(O)C(O)C1O. The summed E-state index contributed by atoms with van der Waals surface area (Å²) in [6, 6.07) is 0. The predicted molar refractivity (Wildman–Crippen MR) is 304 cm³/mol. The first-order valence-electron chi connectivity index (χ1n) is 29.1. The van der Waals surface area contributed by atoms with Gasteiger partial charge in [0.2, 0.25) is 0 Å². The number of unbranched alkanes of at least 4 members (excludes halogenated alkanes) is 21. The molecule has 1 aliphatic carbocycles. The molecule has 1 rings (SSSR count). The molecule has 12 nitrogen and oxygen atoms in total. The van der Waals surface area contributed by atoms with Crippen molar-refractivity contribution in [2.75, 3.05) is 19.8 Å². The molecular formula is C61H105O12P. The number of ether oxygens (including phenoxy) is 2. The van der Waals surface area contributed by atoms with E-state index >= 15 is 0 Å². The molecule has 0 radical (unpaired) electrons. The molecule has 0 aromatic rings. The monoisotopic (exact) mass is 1060 g/mol. The van der Waals surface area contributed by atoms with Crippen molar-refractivity contribution < 1.29 is 58.3 Å². The van der Waals surface area contributed by atoms with Gasteiger partial charge < -0.3 is 39.9 Å². The van der Waals surface area contributed by atoms with Crippen molar-refractivity contribution in [1.29, 1.82) is 0 Å². The quantitative estimate of drug-likeness (QED) is 0.0146. The van der Waals surface area contributed by atoms with Gasteiger partial charge in [-0.05, 0) is 96.3 Å². The number of carbonyl (C=O) groups excluding carboxylic acids is 1. The molecule has 6 N–H and O–H groups in total. The Morgan fingerprint density at radius 3 is 1.22 bits per heavy atom. The standard InChI is InChI=1S/C61H105O12P/c1-3-5-7-9-11-13-15-17-19-21-23-25-27-29-31-33-35-37-39-41-43-45-47-49-51-70-52-54(53-71-74(68,69)73-61-59(66)57(64)56(63)58(65)60(61)67)72-55(62)50-48-46-44-42-40-38-36-34-32-30-28-26-24-22-20-18-16-14-12-10-8-6-4-2/h6,8,12,14-15,17-18,20-21,23-24,26-27,29-30,32,54,56-61,63-67H,3-5,7,9-11,13,16,19,22,25,28,31,33-53H2,1-2H3,(H,68,69)/b8-6-,14-12-,17-15-,20-18-,23-21-,26-24-,29-27-,32-30-. The second kappa shape index (κ2) is 49.8. The van der Waals surface area contributed by atoms with E-state index in [1.165, 1.54) is 70.6 Å². The fraction of sp³-hybridized carbons (Fsp3) is 0.721. The van der Waals surface area contributed by atoms with Crippen molar-refractivity contribution in [2.24, 2.45) is 0 Å². The van der Waals surface area contributed by atoms with Crippen LogP contribution in [-0.2, 0) is 27.9 Å². The van der Waals surface area contributed by atoms with Crippen LogP contribution in [0.15, 0.2) is 97.2 Å². The lowest BCUT2D eigenvalue weighted by atomic mass is 9.85. The fourth-order valence-electron chi connectivity index (χ4n) is 8.39. The van der Waals surface area contributed by atoms with E-state index in [-0.39, 0.29) is 13.0 Å². The third-order valence-electron chi connectivity index (χ3n) is 12.9. The average Bonchev–Trinajstić information content (AvgIpc) is 3.39. The summed E-state index contributed by atoms with van der Waals surface area (Å²) in [6.07, 6.45) is 57.5. The summed E-state index contributed by atoms with van der Waals surface area (Å²) in [5.41, 5.74) is 0. The summed E-state index contributed by atoms with van der Waals surface area (Å²) < 4.78 is 34.4. The highest BCUT2D eigenvalue weighted by Crippen LogP contribution is 2.47. The molecule has 13 heteroatoms. The number of phosphoric ester groups is 1. The van der Waals surface area contributed by atoms with Gasteiger partial charge in [0.15, 0.2) is 0 Å². The molecule has 0 aliphatic heterocycles. The second-order valence-electron chi connectivity index (χ2n) is 19.8. The van der Waals surface area contributed by atoms with Gasteiger partial charge in [-0.25, -0.2) is 4.57 Å². The number of aliphatic hydroxyl groups excluding tert-OH is 5. The van der Waals surface area contributed by atoms with Crippen LogP contribution in [0.5, 0.6) is 0 Å². The lowest BCUT2D eigenvalue weighted by Crippen LogP contribution is -2.64. The molecule has 0 bridgehead atoms. The largest absolute Gasteiger partial charge is 0.472 e. The highest BCUT2D eigenvalue weighted by Gasteiger charge is 2.51. The van der Waals surface area contributed by atoms with E-state index in [9.17, 15) is 39.8 Å². The number of hydrogen-bond acceptors (Lipinski definition) is 11. The van der Waals surface area contributed by atoms with E-state index in [0.29, 0.717) is 13.0 Å². The molecule has 426 valence electrons. The minimum Gasteiger partial charge on any atom is -0.457 e. The van der Waals surface area contributed by atoms with Crippen LogP contribution in [0.3, 0.4) is 0 Å². The van der Waals surface area contributed by atoms with Crippen LogP contribution in [0.4, 0.5) is 0 Å². The van der Waals surface area contributed by atoms with Gasteiger partial charge in [-0.2, -0.15) is 0 Å². The maximum atomic E-state index is 12.9. The number of esters is 1. The maximum Gasteiger partial charge on any atom is 0.472 e. The van der Waals surface area contributed by atoms with Crippen molar-refractivity contribution >= 4 is 13.8 Å². The van der Waals surface area contributed by atoms with Crippen LogP contribution < -0.4 is 0 Å². The smallest absolute Gasteiger partial charge is 0.457 e. The van der Waals surface area contributed by atoms with Crippen molar-refractivity contribution in [1.82, 2.24) is 0 Å². The summed E-state index contributed by atoms with van der Waals surface area (Å²) in [7, 11) is -5.04. The molecule has 0 aromatic heterocycles. The molecule has 6 unspecified atom stereocenters. The first-order chi connectivity index (χ1) is 36.0. The van der Waals surface area contributed by atoms with E-state index in [0.717, 1.165) is 122 Å². The normalized spacial score (nSPS) is 21.1. The molecule has 1 saturated carbocycles. The van der Waals surface area contributed by atoms with Crippen molar-refractivity contribution in [2.45, 2.75) is 262 Å². The molecule has 0 saturated heterocycles. The van der Waals surface area contributed by atoms with E-state index in [1.807, 2.05) is 0 Å². The molecular weight excluding hydrogens is 956 g/mol. The number of aliphatic hydroxyl groups is 5.